The number of aromatic nitrogens is 2. The van der Waals surface area contributed by atoms with Crippen molar-refractivity contribution in [2.24, 2.45) is 0 Å². The van der Waals surface area contributed by atoms with Gasteiger partial charge in [-0.2, -0.15) is 0 Å². The van der Waals surface area contributed by atoms with Gasteiger partial charge in [0.15, 0.2) is 0 Å². The second-order valence-corrected chi connectivity index (χ2v) is 5.32. The maximum absolute atomic E-state index is 9.13. The summed E-state index contributed by atoms with van der Waals surface area (Å²) in [5.41, 5.74) is 3.21. The van der Waals surface area contributed by atoms with E-state index in [2.05, 4.69) is 33.3 Å². The molecule has 0 aliphatic heterocycles. The molecule has 3 rings (SSSR count). The first-order chi connectivity index (χ1) is 8.76. The highest BCUT2D eigenvalue weighted by Gasteiger charge is 2.05. The van der Waals surface area contributed by atoms with Crippen LogP contribution >= 0.6 is 11.3 Å². The third kappa shape index (κ3) is 2.05. The van der Waals surface area contributed by atoms with E-state index in [0.717, 1.165) is 28.2 Å². The number of hydrogen-bond donors (Lipinski definition) is 1. The molecule has 3 nitrogen and oxygen atoms in total. The Kier molecular flexibility index (Phi) is 2.89. The summed E-state index contributed by atoms with van der Waals surface area (Å²) in [4.78, 5) is 4.48. The molecule has 3 aromatic rings. The second kappa shape index (κ2) is 4.55. The highest BCUT2D eigenvalue weighted by molar-refractivity contribution is 7.09. The zero-order valence-electron chi connectivity index (χ0n) is 10.1. The third-order valence-electron chi connectivity index (χ3n) is 2.99. The summed E-state index contributed by atoms with van der Waals surface area (Å²) in [6.45, 7) is 2.91. The molecule has 0 amide bonds. The van der Waals surface area contributed by atoms with Crippen LogP contribution in [0.5, 0.6) is 0 Å². The van der Waals surface area contributed by atoms with Gasteiger partial charge in [-0.25, -0.2) is 4.98 Å². The number of fused-ring (bicyclic) bond motifs is 1. The lowest BCUT2D eigenvalue weighted by atomic mass is 10.2. The van der Waals surface area contributed by atoms with Crippen LogP contribution in [0.3, 0.4) is 0 Å². The largest absolute Gasteiger partial charge is 0.392 e. The SMILES string of the molecule is Cc1csc(Cn2ccc3cc(CO)ccc32)n1. The molecule has 2 aromatic heterocycles. The molecule has 2 heterocycles. The van der Waals surface area contributed by atoms with Crippen molar-refractivity contribution in [1.29, 1.82) is 0 Å². The van der Waals surface area contributed by atoms with Gasteiger partial charge < -0.3 is 9.67 Å². The highest BCUT2D eigenvalue weighted by atomic mass is 32.1. The van der Waals surface area contributed by atoms with Crippen molar-refractivity contribution in [2.75, 3.05) is 0 Å². The Bertz CT molecular complexity index is 684. The molecule has 0 unspecified atom stereocenters. The Morgan fingerprint density at radius 1 is 1.33 bits per heavy atom. The van der Waals surface area contributed by atoms with E-state index in [4.69, 9.17) is 5.11 Å². The fraction of sp³-hybridized carbons (Fsp3) is 0.214. The van der Waals surface area contributed by atoms with Crippen molar-refractivity contribution in [3.05, 3.63) is 52.1 Å². The summed E-state index contributed by atoms with van der Waals surface area (Å²) in [7, 11) is 0. The van der Waals surface area contributed by atoms with E-state index in [1.807, 2.05) is 19.1 Å². The van der Waals surface area contributed by atoms with Crippen LogP contribution in [0.25, 0.3) is 10.9 Å². The molecule has 0 spiro atoms. The number of rotatable bonds is 3. The van der Waals surface area contributed by atoms with E-state index < -0.39 is 0 Å². The van der Waals surface area contributed by atoms with E-state index in [1.54, 1.807) is 11.3 Å². The van der Waals surface area contributed by atoms with Crippen LogP contribution in [0.2, 0.25) is 0 Å². The monoisotopic (exact) mass is 258 g/mol. The van der Waals surface area contributed by atoms with E-state index in [0.29, 0.717) is 0 Å². The average Bonchev–Trinajstić information content (AvgIpc) is 2.96. The standard InChI is InChI=1S/C14H14N2OS/c1-10-9-18-14(15-10)7-16-5-4-12-6-11(8-17)2-3-13(12)16/h2-6,9,17H,7-8H2,1H3. The normalized spacial score (nSPS) is 11.2. The van der Waals surface area contributed by atoms with Gasteiger partial charge >= 0.3 is 0 Å². The van der Waals surface area contributed by atoms with Gasteiger partial charge in [0.05, 0.1) is 13.2 Å². The van der Waals surface area contributed by atoms with Crippen LogP contribution < -0.4 is 0 Å². The quantitative estimate of drug-likeness (QED) is 0.784. The summed E-state index contributed by atoms with van der Waals surface area (Å²) in [6, 6.07) is 8.13. The summed E-state index contributed by atoms with van der Waals surface area (Å²) >= 11 is 1.69. The number of hydrogen-bond acceptors (Lipinski definition) is 3. The molecule has 1 N–H and O–H groups in total. The van der Waals surface area contributed by atoms with Crippen LogP contribution in [-0.4, -0.2) is 14.7 Å². The Hall–Kier alpha value is -1.65. The van der Waals surface area contributed by atoms with Crippen LogP contribution in [0.15, 0.2) is 35.8 Å². The molecule has 0 atom stereocenters. The average molecular weight is 258 g/mol. The van der Waals surface area contributed by atoms with Gasteiger partial charge in [0.1, 0.15) is 5.01 Å². The van der Waals surface area contributed by atoms with Crippen LogP contribution in [0.4, 0.5) is 0 Å². The molecule has 1 aromatic carbocycles. The third-order valence-corrected chi connectivity index (χ3v) is 3.94. The van der Waals surface area contributed by atoms with Gasteiger partial charge in [-0.05, 0) is 36.1 Å². The van der Waals surface area contributed by atoms with Crippen molar-refractivity contribution in [1.82, 2.24) is 9.55 Å². The first-order valence-corrected chi connectivity index (χ1v) is 6.74. The van der Waals surface area contributed by atoms with Crippen molar-refractivity contribution < 1.29 is 5.11 Å². The Labute approximate surface area is 109 Å². The van der Waals surface area contributed by atoms with E-state index in [-0.39, 0.29) is 6.61 Å². The highest BCUT2D eigenvalue weighted by Crippen LogP contribution is 2.20. The first-order valence-electron chi connectivity index (χ1n) is 5.86. The van der Waals surface area contributed by atoms with Crippen molar-refractivity contribution in [3.8, 4) is 0 Å². The fourth-order valence-corrected chi connectivity index (χ4v) is 2.88. The molecule has 4 heteroatoms. The molecule has 0 saturated carbocycles. The number of aliphatic hydroxyl groups excluding tert-OH is 1. The molecule has 0 aliphatic rings. The van der Waals surface area contributed by atoms with Gasteiger partial charge in [-0.1, -0.05) is 6.07 Å². The van der Waals surface area contributed by atoms with E-state index in [1.165, 1.54) is 5.52 Å². The molecule has 18 heavy (non-hydrogen) atoms. The zero-order valence-corrected chi connectivity index (χ0v) is 10.9. The molecule has 0 fully saturated rings. The summed E-state index contributed by atoms with van der Waals surface area (Å²) in [6.07, 6.45) is 2.07. The number of thiazole rings is 1. The fourth-order valence-electron chi connectivity index (χ4n) is 2.11. The minimum Gasteiger partial charge on any atom is -0.392 e. The number of aliphatic hydroxyl groups is 1. The van der Waals surface area contributed by atoms with Crippen molar-refractivity contribution >= 4 is 22.2 Å². The maximum atomic E-state index is 9.13. The molecular weight excluding hydrogens is 244 g/mol. The molecular formula is C14H14N2OS. The molecule has 0 bridgehead atoms. The molecule has 0 radical (unpaired) electrons. The zero-order chi connectivity index (χ0) is 12.5. The molecule has 92 valence electrons. The van der Waals surface area contributed by atoms with Gasteiger partial charge in [0, 0.05) is 22.8 Å². The van der Waals surface area contributed by atoms with Gasteiger partial charge in [0.25, 0.3) is 0 Å². The summed E-state index contributed by atoms with van der Waals surface area (Å²) in [5, 5.41) is 13.5. The number of nitrogens with zero attached hydrogens (tertiary/aromatic N) is 2. The molecule has 0 aliphatic carbocycles. The Morgan fingerprint density at radius 3 is 2.94 bits per heavy atom. The first kappa shape index (κ1) is 11.4. The number of aryl methyl sites for hydroxylation is 1. The number of benzene rings is 1. The Balaban J connectivity index is 1.97. The lowest BCUT2D eigenvalue weighted by Crippen LogP contribution is -1.97. The maximum Gasteiger partial charge on any atom is 0.113 e. The van der Waals surface area contributed by atoms with Crippen molar-refractivity contribution in [3.63, 3.8) is 0 Å². The topological polar surface area (TPSA) is 38.0 Å². The predicted molar refractivity (Wildman–Crippen MR) is 73.8 cm³/mol. The van der Waals surface area contributed by atoms with Crippen LogP contribution in [-0.2, 0) is 13.2 Å². The lowest BCUT2D eigenvalue weighted by molar-refractivity contribution is 0.282. The van der Waals surface area contributed by atoms with Crippen LogP contribution in [0, 0.1) is 6.92 Å². The predicted octanol–water partition coefficient (Wildman–Crippen LogP) is 2.95. The summed E-state index contributed by atoms with van der Waals surface area (Å²) < 4.78 is 2.19. The Morgan fingerprint density at radius 2 is 2.22 bits per heavy atom. The summed E-state index contributed by atoms with van der Waals surface area (Å²) in [5.74, 6) is 0. The van der Waals surface area contributed by atoms with Crippen LogP contribution in [0.1, 0.15) is 16.3 Å². The molecule has 0 saturated heterocycles. The lowest BCUT2D eigenvalue weighted by Gasteiger charge is -2.03. The minimum atomic E-state index is 0.0901. The second-order valence-electron chi connectivity index (χ2n) is 4.38. The van der Waals surface area contributed by atoms with Crippen molar-refractivity contribution in [2.45, 2.75) is 20.1 Å². The van der Waals surface area contributed by atoms with Gasteiger partial charge in [-0.3, -0.25) is 0 Å². The smallest absolute Gasteiger partial charge is 0.113 e. The van der Waals surface area contributed by atoms with Gasteiger partial charge in [0.2, 0.25) is 0 Å². The minimum absolute atomic E-state index is 0.0901. The van der Waals surface area contributed by atoms with E-state index >= 15 is 0 Å². The van der Waals surface area contributed by atoms with Gasteiger partial charge in [-0.15, -0.1) is 11.3 Å². The van der Waals surface area contributed by atoms with E-state index in [9.17, 15) is 0 Å².